The maximum absolute atomic E-state index is 12.6. The number of ether oxygens (including phenoxy) is 1. The molecule has 2 N–H and O–H groups in total. The fourth-order valence-electron chi connectivity index (χ4n) is 3.29. The first-order chi connectivity index (χ1) is 14.5. The van der Waals surface area contributed by atoms with Crippen LogP contribution in [0, 0.1) is 6.92 Å². The molecule has 158 valence electrons. The minimum absolute atomic E-state index is 0.0900. The van der Waals surface area contributed by atoms with E-state index in [1.165, 1.54) is 0 Å². The van der Waals surface area contributed by atoms with Gasteiger partial charge in [-0.25, -0.2) is 4.98 Å². The molecule has 1 unspecified atom stereocenters. The summed E-state index contributed by atoms with van der Waals surface area (Å²) in [6, 6.07) is 14.7. The van der Waals surface area contributed by atoms with Crippen LogP contribution in [0.5, 0.6) is 5.75 Å². The van der Waals surface area contributed by atoms with Gasteiger partial charge in [-0.1, -0.05) is 31.2 Å². The van der Waals surface area contributed by atoms with Crippen LogP contribution in [0.3, 0.4) is 0 Å². The molecular formula is C23H28N4O3. The van der Waals surface area contributed by atoms with Gasteiger partial charge in [0.05, 0.1) is 30.0 Å². The molecule has 7 heteroatoms. The van der Waals surface area contributed by atoms with Crippen LogP contribution in [-0.2, 0) is 11.3 Å². The summed E-state index contributed by atoms with van der Waals surface area (Å²) in [4.78, 5) is 34.2. The summed E-state index contributed by atoms with van der Waals surface area (Å²) in [7, 11) is 0. The lowest BCUT2D eigenvalue weighted by atomic mass is 10.2. The zero-order valence-electron chi connectivity index (χ0n) is 17.6. The van der Waals surface area contributed by atoms with E-state index >= 15 is 0 Å². The zero-order chi connectivity index (χ0) is 21.5. The Bertz CT molecular complexity index is 1060. The molecule has 3 rings (SSSR count). The van der Waals surface area contributed by atoms with E-state index in [1.807, 2.05) is 68.1 Å². The first-order valence-electron chi connectivity index (χ1n) is 10.2. The van der Waals surface area contributed by atoms with Gasteiger partial charge in [0.25, 0.3) is 5.56 Å². The van der Waals surface area contributed by atoms with E-state index < -0.39 is 0 Å². The minimum atomic E-state index is -0.370. The molecule has 1 heterocycles. The number of likely N-dealkylation sites (N-methyl/N-ethyl adjacent to an activating group) is 1. The van der Waals surface area contributed by atoms with Gasteiger partial charge in [0.15, 0.2) is 0 Å². The number of rotatable bonds is 9. The maximum Gasteiger partial charge on any atom is 0.258 e. The van der Waals surface area contributed by atoms with Gasteiger partial charge >= 0.3 is 0 Å². The fourth-order valence-corrected chi connectivity index (χ4v) is 3.29. The Morgan fingerprint density at radius 3 is 2.80 bits per heavy atom. The van der Waals surface area contributed by atoms with Crippen LogP contribution in [-0.4, -0.2) is 46.5 Å². The van der Waals surface area contributed by atoms with Crippen molar-refractivity contribution in [1.82, 2.24) is 20.2 Å². The number of para-hydroxylation sites is 1. The largest absolute Gasteiger partial charge is 0.492 e. The quantitative estimate of drug-likeness (QED) is 0.532. The average molecular weight is 409 g/mol. The summed E-state index contributed by atoms with van der Waals surface area (Å²) in [5.74, 6) is 1.25. The molecule has 2 aromatic carbocycles. The lowest BCUT2D eigenvalue weighted by Crippen LogP contribution is -2.46. The molecule has 1 atom stereocenters. The summed E-state index contributed by atoms with van der Waals surface area (Å²) < 4.78 is 5.68. The molecule has 0 radical (unpaired) electrons. The van der Waals surface area contributed by atoms with E-state index in [0.29, 0.717) is 43.0 Å². The van der Waals surface area contributed by atoms with Gasteiger partial charge in [0.2, 0.25) is 5.91 Å². The molecule has 0 saturated carbocycles. The summed E-state index contributed by atoms with van der Waals surface area (Å²) in [5.41, 5.74) is 1.61. The van der Waals surface area contributed by atoms with Gasteiger partial charge in [-0.15, -0.1) is 0 Å². The Morgan fingerprint density at radius 2 is 2.03 bits per heavy atom. The molecule has 1 aromatic heterocycles. The number of H-pyrrole nitrogens is 1. The van der Waals surface area contributed by atoms with Crippen LogP contribution in [0.15, 0.2) is 53.3 Å². The molecule has 30 heavy (non-hydrogen) atoms. The number of aromatic nitrogens is 2. The van der Waals surface area contributed by atoms with E-state index in [4.69, 9.17) is 4.74 Å². The maximum atomic E-state index is 12.6. The summed E-state index contributed by atoms with van der Waals surface area (Å²) >= 11 is 0. The lowest BCUT2D eigenvalue weighted by Gasteiger charge is -2.26. The molecule has 0 saturated heterocycles. The number of aromatic amines is 1. The fraction of sp³-hybridized carbons (Fsp3) is 0.348. The second kappa shape index (κ2) is 10.0. The highest BCUT2D eigenvalue weighted by molar-refractivity contribution is 5.81. The van der Waals surface area contributed by atoms with Crippen molar-refractivity contribution >= 4 is 16.8 Å². The SMILES string of the molecule is CCN(Cc1nc2ccccc2c(=O)[nH]1)C(C)C(=O)NCCOc1cccc(C)c1. The summed E-state index contributed by atoms with van der Waals surface area (Å²) in [6.07, 6.45) is 0. The Hall–Kier alpha value is -3.19. The number of hydrogen-bond donors (Lipinski definition) is 2. The number of carbonyl (C=O) groups is 1. The van der Waals surface area contributed by atoms with Crippen molar-refractivity contribution in [3.63, 3.8) is 0 Å². The van der Waals surface area contributed by atoms with Gasteiger partial charge in [-0.3, -0.25) is 14.5 Å². The summed E-state index contributed by atoms with van der Waals surface area (Å²) in [5, 5.41) is 3.47. The third kappa shape index (κ3) is 5.45. The molecule has 3 aromatic rings. The van der Waals surface area contributed by atoms with Crippen LogP contribution < -0.4 is 15.6 Å². The highest BCUT2D eigenvalue weighted by Crippen LogP contribution is 2.12. The zero-order valence-corrected chi connectivity index (χ0v) is 17.6. The Labute approximate surface area is 176 Å². The molecule has 0 aliphatic heterocycles. The lowest BCUT2D eigenvalue weighted by molar-refractivity contribution is -0.126. The van der Waals surface area contributed by atoms with Crippen molar-refractivity contribution in [3.05, 3.63) is 70.3 Å². The van der Waals surface area contributed by atoms with Gasteiger partial charge in [-0.05, 0) is 50.2 Å². The molecule has 0 fully saturated rings. The number of carbonyl (C=O) groups excluding carboxylic acids is 1. The molecule has 0 aliphatic carbocycles. The normalized spacial score (nSPS) is 12.1. The van der Waals surface area contributed by atoms with Crippen molar-refractivity contribution in [3.8, 4) is 5.75 Å². The number of amides is 1. The minimum Gasteiger partial charge on any atom is -0.492 e. The number of nitrogens with one attached hydrogen (secondary N) is 2. The molecule has 0 spiro atoms. The molecule has 7 nitrogen and oxygen atoms in total. The highest BCUT2D eigenvalue weighted by Gasteiger charge is 2.21. The Kier molecular flexibility index (Phi) is 7.19. The molecule has 0 aliphatic rings. The summed E-state index contributed by atoms with van der Waals surface area (Å²) in [6.45, 7) is 7.67. The standard InChI is InChI=1S/C23H28N4O3/c1-4-27(15-21-25-20-11-6-5-10-19(20)23(29)26-21)17(3)22(28)24-12-13-30-18-9-7-8-16(2)14-18/h5-11,14,17H,4,12-13,15H2,1-3H3,(H,24,28)(H,25,26,29). The third-order valence-corrected chi connectivity index (χ3v) is 5.01. The number of nitrogens with zero attached hydrogens (tertiary/aromatic N) is 2. The Morgan fingerprint density at radius 1 is 1.23 bits per heavy atom. The van der Waals surface area contributed by atoms with Crippen LogP contribution in [0.25, 0.3) is 10.9 Å². The number of hydrogen-bond acceptors (Lipinski definition) is 5. The van der Waals surface area contributed by atoms with E-state index in [0.717, 1.165) is 11.3 Å². The van der Waals surface area contributed by atoms with E-state index in [2.05, 4.69) is 15.3 Å². The van der Waals surface area contributed by atoms with Gasteiger partial charge in [0, 0.05) is 0 Å². The van der Waals surface area contributed by atoms with Crippen LogP contribution in [0.2, 0.25) is 0 Å². The van der Waals surface area contributed by atoms with Crippen molar-refractivity contribution in [2.75, 3.05) is 19.7 Å². The van der Waals surface area contributed by atoms with Crippen LogP contribution in [0.4, 0.5) is 0 Å². The Balaban J connectivity index is 1.55. The van der Waals surface area contributed by atoms with Crippen LogP contribution >= 0.6 is 0 Å². The van der Waals surface area contributed by atoms with Gasteiger partial charge in [0.1, 0.15) is 18.2 Å². The molecule has 0 bridgehead atoms. The second-order valence-corrected chi connectivity index (χ2v) is 7.22. The predicted octanol–water partition coefficient (Wildman–Crippen LogP) is 2.64. The molecular weight excluding hydrogens is 380 g/mol. The van der Waals surface area contributed by atoms with Crippen molar-refractivity contribution in [1.29, 1.82) is 0 Å². The topological polar surface area (TPSA) is 87.3 Å². The van der Waals surface area contributed by atoms with E-state index in [-0.39, 0.29) is 17.5 Å². The monoisotopic (exact) mass is 408 g/mol. The second-order valence-electron chi connectivity index (χ2n) is 7.22. The number of benzene rings is 2. The third-order valence-electron chi connectivity index (χ3n) is 5.01. The van der Waals surface area contributed by atoms with Crippen molar-refractivity contribution in [2.45, 2.75) is 33.4 Å². The van der Waals surface area contributed by atoms with Gasteiger partial charge < -0.3 is 15.0 Å². The average Bonchev–Trinajstić information content (AvgIpc) is 2.74. The van der Waals surface area contributed by atoms with Gasteiger partial charge in [-0.2, -0.15) is 0 Å². The molecule has 1 amide bonds. The first kappa shape index (κ1) is 21.5. The number of fused-ring (bicyclic) bond motifs is 1. The smallest absolute Gasteiger partial charge is 0.258 e. The highest BCUT2D eigenvalue weighted by atomic mass is 16.5. The van der Waals surface area contributed by atoms with Crippen molar-refractivity contribution < 1.29 is 9.53 Å². The van der Waals surface area contributed by atoms with Crippen molar-refractivity contribution in [2.24, 2.45) is 0 Å². The van der Waals surface area contributed by atoms with E-state index in [9.17, 15) is 9.59 Å². The number of aryl methyl sites for hydroxylation is 1. The van der Waals surface area contributed by atoms with E-state index in [1.54, 1.807) is 6.07 Å². The van der Waals surface area contributed by atoms with Crippen LogP contribution in [0.1, 0.15) is 25.2 Å². The predicted molar refractivity (Wildman–Crippen MR) is 118 cm³/mol. The first-order valence-corrected chi connectivity index (χ1v) is 10.2.